The Labute approximate surface area is 121 Å². The summed E-state index contributed by atoms with van der Waals surface area (Å²) in [5.41, 5.74) is 1.28. The van der Waals surface area contributed by atoms with E-state index in [0.717, 1.165) is 13.1 Å². The molecule has 0 saturated heterocycles. The van der Waals surface area contributed by atoms with Gasteiger partial charge < -0.3 is 20.3 Å². The van der Waals surface area contributed by atoms with Crippen LogP contribution < -0.4 is 10.6 Å². The lowest BCUT2D eigenvalue weighted by atomic mass is 10.2. The lowest BCUT2D eigenvalue weighted by molar-refractivity contribution is -0.120. The van der Waals surface area contributed by atoms with E-state index in [1.54, 1.807) is 7.11 Å². The minimum Gasteiger partial charge on any atom is -0.383 e. The van der Waals surface area contributed by atoms with Gasteiger partial charge in [-0.2, -0.15) is 0 Å². The molecule has 0 aliphatic carbocycles. The average Bonchev–Trinajstić information content (AvgIpc) is 2.45. The molecule has 112 valence electrons. The van der Waals surface area contributed by atoms with Gasteiger partial charge >= 0.3 is 0 Å². The van der Waals surface area contributed by atoms with Gasteiger partial charge in [0.15, 0.2) is 0 Å². The summed E-state index contributed by atoms with van der Waals surface area (Å²) >= 11 is 0. The minimum atomic E-state index is 0.0224. The maximum absolute atomic E-state index is 11.5. The van der Waals surface area contributed by atoms with Crippen LogP contribution in [0.4, 0.5) is 0 Å². The van der Waals surface area contributed by atoms with E-state index in [2.05, 4.69) is 34.7 Å². The second kappa shape index (κ2) is 10.4. The van der Waals surface area contributed by atoms with Crippen LogP contribution in [-0.4, -0.2) is 57.8 Å². The van der Waals surface area contributed by atoms with Crippen molar-refractivity contribution >= 4 is 5.91 Å². The van der Waals surface area contributed by atoms with Gasteiger partial charge in [-0.05, 0) is 12.6 Å². The third-order valence-electron chi connectivity index (χ3n) is 2.88. The molecule has 20 heavy (non-hydrogen) atoms. The molecule has 0 atom stereocenters. The van der Waals surface area contributed by atoms with Crippen molar-refractivity contribution in [2.75, 3.05) is 46.9 Å². The summed E-state index contributed by atoms with van der Waals surface area (Å²) in [5.74, 6) is 0.0224. The zero-order valence-electron chi connectivity index (χ0n) is 12.4. The molecular formula is C15H25N3O2. The molecule has 0 radical (unpaired) electrons. The summed E-state index contributed by atoms with van der Waals surface area (Å²) in [7, 11) is 3.69. The summed E-state index contributed by atoms with van der Waals surface area (Å²) in [5, 5.41) is 5.91. The van der Waals surface area contributed by atoms with Gasteiger partial charge in [-0.25, -0.2) is 0 Å². The third-order valence-corrected chi connectivity index (χ3v) is 2.88. The maximum Gasteiger partial charge on any atom is 0.234 e. The molecule has 0 saturated carbocycles. The molecule has 1 amide bonds. The predicted molar refractivity (Wildman–Crippen MR) is 80.5 cm³/mol. The number of nitrogens with zero attached hydrogens (tertiary/aromatic N) is 1. The van der Waals surface area contributed by atoms with E-state index in [9.17, 15) is 4.79 Å². The third kappa shape index (κ3) is 7.89. The average molecular weight is 279 g/mol. The van der Waals surface area contributed by atoms with E-state index >= 15 is 0 Å². The summed E-state index contributed by atoms with van der Waals surface area (Å²) in [6, 6.07) is 10.3. The van der Waals surface area contributed by atoms with E-state index in [1.807, 2.05) is 18.2 Å². The van der Waals surface area contributed by atoms with Gasteiger partial charge in [0, 0.05) is 33.3 Å². The predicted octanol–water partition coefficient (Wildman–Crippen LogP) is 0.471. The number of methoxy groups -OCH3 is 1. The van der Waals surface area contributed by atoms with Gasteiger partial charge in [0.2, 0.25) is 5.91 Å². The SMILES string of the molecule is COCCNCC(=O)NCCN(C)Cc1ccccc1. The van der Waals surface area contributed by atoms with Crippen molar-refractivity contribution in [3.8, 4) is 0 Å². The van der Waals surface area contributed by atoms with Crippen LogP contribution in [0.2, 0.25) is 0 Å². The summed E-state index contributed by atoms with van der Waals surface area (Å²) in [6.45, 7) is 4.03. The number of carbonyl (C=O) groups excluding carboxylic acids is 1. The fraction of sp³-hybridized carbons (Fsp3) is 0.533. The number of hydrogen-bond donors (Lipinski definition) is 2. The van der Waals surface area contributed by atoms with Crippen molar-refractivity contribution in [2.45, 2.75) is 6.54 Å². The Morgan fingerprint density at radius 3 is 2.70 bits per heavy atom. The first-order chi connectivity index (χ1) is 9.72. The van der Waals surface area contributed by atoms with Crippen molar-refractivity contribution in [1.29, 1.82) is 0 Å². The Balaban J connectivity index is 2.06. The molecule has 5 nitrogen and oxygen atoms in total. The first-order valence-corrected chi connectivity index (χ1v) is 6.91. The van der Waals surface area contributed by atoms with E-state index in [0.29, 0.717) is 26.2 Å². The highest BCUT2D eigenvalue weighted by Crippen LogP contribution is 2.01. The second-order valence-electron chi connectivity index (χ2n) is 4.74. The molecule has 1 rings (SSSR count). The van der Waals surface area contributed by atoms with Gasteiger partial charge in [0.25, 0.3) is 0 Å². The fourth-order valence-electron chi connectivity index (χ4n) is 1.80. The highest BCUT2D eigenvalue weighted by Gasteiger charge is 2.02. The summed E-state index contributed by atoms with van der Waals surface area (Å²) in [6.07, 6.45) is 0. The van der Waals surface area contributed by atoms with Gasteiger partial charge in [0.05, 0.1) is 13.2 Å². The van der Waals surface area contributed by atoms with E-state index in [4.69, 9.17) is 4.74 Å². The van der Waals surface area contributed by atoms with Crippen LogP contribution in [-0.2, 0) is 16.1 Å². The van der Waals surface area contributed by atoms with Gasteiger partial charge in [-0.15, -0.1) is 0 Å². The van der Waals surface area contributed by atoms with Crippen molar-refractivity contribution in [2.24, 2.45) is 0 Å². The first-order valence-electron chi connectivity index (χ1n) is 6.91. The smallest absolute Gasteiger partial charge is 0.234 e. The van der Waals surface area contributed by atoms with Crippen LogP contribution in [0.3, 0.4) is 0 Å². The molecule has 0 spiro atoms. The Morgan fingerprint density at radius 1 is 1.25 bits per heavy atom. The molecule has 0 aliphatic rings. The molecule has 0 aliphatic heterocycles. The minimum absolute atomic E-state index is 0.0224. The number of benzene rings is 1. The fourth-order valence-corrected chi connectivity index (χ4v) is 1.80. The van der Waals surface area contributed by atoms with Crippen molar-refractivity contribution in [3.63, 3.8) is 0 Å². The largest absolute Gasteiger partial charge is 0.383 e. The van der Waals surface area contributed by atoms with Crippen LogP contribution in [0, 0.1) is 0 Å². The zero-order valence-corrected chi connectivity index (χ0v) is 12.4. The van der Waals surface area contributed by atoms with Crippen molar-refractivity contribution < 1.29 is 9.53 Å². The van der Waals surface area contributed by atoms with Crippen LogP contribution in [0.25, 0.3) is 0 Å². The Morgan fingerprint density at radius 2 is 2.00 bits per heavy atom. The Bertz CT molecular complexity index is 371. The first kappa shape index (κ1) is 16.6. The Hall–Kier alpha value is -1.43. The van der Waals surface area contributed by atoms with Gasteiger partial charge in [-0.3, -0.25) is 4.79 Å². The number of amides is 1. The summed E-state index contributed by atoms with van der Waals surface area (Å²) in [4.78, 5) is 13.7. The number of likely N-dealkylation sites (N-methyl/N-ethyl adjacent to an activating group) is 1. The molecular weight excluding hydrogens is 254 g/mol. The highest BCUT2D eigenvalue weighted by molar-refractivity contribution is 5.77. The van der Waals surface area contributed by atoms with Crippen molar-refractivity contribution in [1.82, 2.24) is 15.5 Å². The molecule has 0 bridgehead atoms. The molecule has 0 aromatic heterocycles. The second-order valence-corrected chi connectivity index (χ2v) is 4.74. The summed E-state index contributed by atoms with van der Waals surface area (Å²) < 4.78 is 4.89. The quantitative estimate of drug-likeness (QED) is 0.611. The van der Waals surface area contributed by atoms with Gasteiger partial charge in [0.1, 0.15) is 0 Å². The van der Waals surface area contributed by atoms with Crippen LogP contribution in [0.1, 0.15) is 5.56 Å². The normalized spacial score (nSPS) is 10.8. The molecule has 0 unspecified atom stereocenters. The van der Waals surface area contributed by atoms with E-state index < -0.39 is 0 Å². The monoisotopic (exact) mass is 279 g/mol. The van der Waals surface area contributed by atoms with Crippen LogP contribution in [0.5, 0.6) is 0 Å². The standard InChI is InChI=1S/C15H25N3O2/c1-18(13-14-6-4-3-5-7-14)10-8-17-15(19)12-16-9-11-20-2/h3-7,16H,8-13H2,1-2H3,(H,17,19). The number of carbonyl (C=O) groups is 1. The molecule has 5 heteroatoms. The highest BCUT2D eigenvalue weighted by atomic mass is 16.5. The molecule has 0 fully saturated rings. The number of hydrogen-bond acceptors (Lipinski definition) is 4. The lowest BCUT2D eigenvalue weighted by Gasteiger charge is -2.17. The Kier molecular flexibility index (Phi) is 8.62. The molecule has 1 aromatic carbocycles. The number of ether oxygens (including phenoxy) is 1. The van der Waals surface area contributed by atoms with Crippen LogP contribution >= 0.6 is 0 Å². The molecule has 0 heterocycles. The van der Waals surface area contributed by atoms with Gasteiger partial charge in [-0.1, -0.05) is 30.3 Å². The van der Waals surface area contributed by atoms with Crippen molar-refractivity contribution in [3.05, 3.63) is 35.9 Å². The maximum atomic E-state index is 11.5. The number of nitrogens with one attached hydrogen (secondary N) is 2. The number of rotatable bonds is 10. The zero-order chi connectivity index (χ0) is 14.6. The van der Waals surface area contributed by atoms with E-state index in [1.165, 1.54) is 5.56 Å². The van der Waals surface area contributed by atoms with Crippen LogP contribution in [0.15, 0.2) is 30.3 Å². The topological polar surface area (TPSA) is 53.6 Å². The van der Waals surface area contributed by atoms with E-state index in [-0.39, 0.29) is 5.91 Å². The lowest BCUT2D eigenvalue weighted by Crippen LogP contribution is -2.38. The molecule has 2 N–H and O–H groups in total. The molecule has 1 aromatic rings.